The SMILES string of the molecule is CCOC(=O)c1cnc(NNCc2ccccc2)s1. The Morgan fingerprint density at radius 2 is 2.16 bits per heavy atom. The largest absolute Gasteiger partial charge is 0.462 e. The smallest absolute Gasteiger partial charge is 0.350 e. The molecule has 0 aliphatic carbocycles. The van der Waals surface area contributed by atoms with Crippen LogP contribution in [0.15, 0.2) is 36.5 Å². The average molecular weight is 277 g/mol. The number of ether oxygens (including phenoxy) is 1. The molecule has 6 heteroatoms. The van der Waals surface area contributed by atoms with Crippen molar-refractivity contribution >= 4 is 22.4 Å². The number of nitrogens with zero attached hydrogens (tertiary/aromatic N) is 1. The van der Waals surface area contributed by atoms with Crippen LogP contribution in [0.25, 0.3) is 0 Å². The van der Waals surface area contributed by atoms with Crippen molar-refractivity contribution in [2.24, 2.45) is 0 Å². The Bertz CT molecular complexity index is 528. The molecule has 0 atom stereocenters. The fourth-order valence-electron chi connectivity index (χ4n) is 1.45. The molecule has 0 saturated heterocycles. The van der Waals surface area contributed by atoms with Gasteiger partial charge in [-0.1, -0.05) is 41.7 Å². The molecule has 5 nitrogen and oxygen atoms in total. The first-order valence-corrected chi connectivity index (χ1v) is 6.77. The summed E-state index contributed by atoms with van der Waals surface area (Å²) in [6.45, 7) is 2.82. The molecule has 19 heavy (non-hydrogen) atoms. The molecular weight excluding hydrogens is 262 g/mol. The number of anilines is 1. The van der Waals surface area contributed by atoms with Crippen LogP contribution < -0.4 is 10.9 Å². The standard InChI is InChI=1S/C13H15N3O2S/c1-2-18-12(17)11-9-14-13(19-11)16-15-8-10-6-4-3-5-7-10/h3-7,9,15H,2,8H2,1H3,(H,14,16). The summed E-state index contributed by atoms with van der Waals surface area (Å²) in [7, 11) is 0. The van der Waals surface area contributed by atoms with Crippen LogP contribution in [0.3, 0.4) is 0 Å². The van der Waals surface area contributed by atoms with Gasteiger partial charge in [0, 0.05) is 6.54 Å². The lowest BCUT2D eigenvalue weighted by Gasteiger charge is -2.04. The maximum absolute atomic E-state index is 11.5. The highest BCUT2D eigenvalue weighted by Gasteiger charge is 2.10. The predicted octanol–water partition coefficient (Wildman–Crippen LogP) is 2.44. The molecule has 0 spiro atoms. The van der Waals surface area contributed by atoms with Gasteiger partial charge in [-0.15, -0.1) is 0 Å². The van der Waals surface area contributed by atoms with E-state index in [0.717, 1.165) is 5.56 Å². The fourth-order valence-corrected chi connectivity index (χ4v) is 2.13. The van der Waals surface area contributed by atoms with E-state index in [1.165, 1.54) is 17.5 Å². The number of hydrogen-bond acceptors (Lipinski definition) is 6. The highest BCUT2D eigenvalue weighted by molar-refractivity contribution is 7.17. The monoisotopic (exact) mass is 277 g/mol. The van der Waals surface area contributed by atoms with E-state index in [2.05, 4.69) is 15.8 Å². The summed E-state index contributed by atoms with van der Waals surface area (Å²) in [6.07, 6.45) is 1.51. The van der Waals surface area contributed by atoms with Crippen LogP contribution in [0.4, 0.5) is 5.13 Å². The maximum atomic E-state index is 11.5. The van der Waals surface area contributed by atoms with Crippen LogP contribution >= 0.6 is 11.3 Å². The first kappa shape index (κ1) is 13.5. The van der Waals surface area contributed by atoms with Crippen molar-refractivity contribution in [1.82, 2.24) is 10.4 Å². The first-order chi connectivity index (χ1) is 9.29. The third kappa shape index (κ3) is 4.04. The lowest BCUT2D eigenvalue weighted by Crippen LogP contribution is -2.20. The number of benzene rings is 1. The molecule has 0 fully saturated rings. The zero-order valence-electron chi connectivity index (χ0n) is 10.6. The van der Waals surface area contributed by atoms with Crippen molar-refractivity contribution in [3.63, 3.8) is 0 Å². The van der Waals surface area contributed by atoms with Gasteiger partial charge in [-0.05, 0) is 12.5 Å². The molecule has 2 aromatic rings. The minimum atomic E-state index is -0.337. The van der Waals surface area contributed by atoms with E-state index in [9.17, 15) is 4.79 Å². The normalized spacial score (nSPS) is 10.2. The molecule has 2 N–H and O–H groups in total. The molecule has 0 unspecified atom stereocenters. The second-order valence-corrected chi connectivity index (χ2v) is 4.74. The Balaban J connectivity index is 1.82. The Hall–Kier alpha value is -1.92. The molecule has 0 amide bonds. The molecule has 0 aliphatic heterocycles. The van der Waals surface area contributed by atoms with Crippen LogP contribution in [0, 0.1) is 0 Å². The highest BCUT2D eigenvalue weighted by atomic mass is 32.1. The van der Waals surface area contributed by atoms with E-state index >= 15 is 0 Å². The molecule has 0 bridgehead atoms. The predicted molar refractivity (Wildman–Crippen MR) is 75.0 cm³/mol. The fraction of sp³-hybridized carbons (Fsp3) is 0.231. The third-order valence-electron chi connectivity index (χ3n) is 2.31. The molecule has 0 aliphatic rings. The zero-order chi connectivity index (χ0) is 13.5. The van der Waals surface area contributed by atoms with Gasteiger partial charge in [-0.3, -0.25) is 5.43 Å². The summed E-state index contributed by atoms with van der Waals surface area (Å²) < 4.78 is 4.90. The van der Waals surface area contributed by atoms with Crippen molar-refractivity contribution in [2.45, 2.75) is 13.5 Å². The van der Waals surface area contributed by atoms with Gasteiger partial charge in [0.15, 0.2) is 5.13 Å². The average Bonchev–Trinajstić information content (AvgIpc) is 2.89. The number of carbonyl (C=O) groups is 1. The van der Waals surface area contributed by atoms with Crippen LogP contribution in [0.1, 0.15) is 22.2 Å². The Labute approximate surface area is 115 Å². The van der Waals surface area contributed by atoms with Gasteiger partial charge in [0.1, 0.15) is 4.88 Å². The van der Waals surface area contributed by atoms with Gasteiger partial charge >= 0.3 is 5.97 Å². The van der Waals surface area contributed by atoms with E-state index in [1.54, 1.807) is 6.92 Å². The number of aromatic nitrogens is 1. The third-order valence-corrected chi connectivity index (χ3v) is 3.21. The number of hydrogen-bond donors (Lipinski definition) is 2. The molecule has 0 saturated carbocycles. The second kappa shape index (κ2) is 6.86. The van der Waals surface area contributed by atoms with Crippen LogP contribution in [0.2, 0.25) is 0 Å². The van der Waals surface area contributed by atoms with Crippen LogP contribution in [-0.4, -0.2) is 17.6 Å². The van der Waals surface area contributed by atoms with Gasteiger partial charge in [-0.2, -0.15) is 0 Å². The Morgan fingerprint density at radius 1 is 1.37 bits per heavy atom. The van der Waals surface area contributed by atoms with E-state index in [0.29, 0.717) is 23.2 Å². The minimum Gasteiger partial charge on any atom is -0.462 e. The van der Waals surface area contributed by atoms with Gasteiger partial charge in [0.05, 0.1) is 12.8 Å². The van der Waals surface area contributed by atoms with Gasteiger partial charge < -0.3 is 4.74 Å². The van der Waals surface area contributed by atoms with E-state index in [4.69, 9.17) is 4.74 Å². The number of thiazole rings is 1. The van der Waals surface area contributed by atoms with E-state index in [-0.39, 0.29) is 5.97 Å². The number of esters is 1. The van der Waals surface area contributed by atoms with Crippen LogP contribution in [0.5, 0.6) is 0 Å². The van der Waals surface area contributed by atoms with Crippen molar-refractivity contribution in [3.05, 3.63) is 47.0 Å². The lowest BCUT2D eigenvalue weighted by atomic mass is 10.2. The molecule has 1 aromatic carbocycles. The van der Waals surface area contributed by atoms with Gasteiger partial charge in [0.2, 0.25) is 0 Å². The van der Waals surface area contributed by atoms with Crippen LogP contribution in [-0.2, 0) is 11.3 Å². The van der Waals surface area contributed by atoms with Crippen molar-refractivity contribution in [3.8, 4) is 0 Å². The van der Waals surface area contributed by atoms with E-state index in [1.807, 2.05) is 30.3 Å². The molecular formula is C13H15N3O2S. The van der Waals surface area contributed by atoms with Crippen molar-refractivity contribution < 1.29 is 9.53 Å². The molecule has 2 rings (SSSR count). The number of nitrogens with one attached hydrogen (secondary N) is 2. The Morgan fingerprint density at radius 3 is 2.89 bits per heavy atom. The maximum Gasteiger partial charge on any atom is 0.350 e. The van der Waals surface area contributed by atoms with Gasteiger partial charge in [0.25, 0.3) is 0 Å². The summed E-state index contributed by atoms with van der Waals surface area (Å²) in [5, 5.41) is 0.638. The molecule has 1 heterocycles. The molecule has 0 radical (unpaired) electrons. The Kier molecular flexibility index (Phi) is 4.88. The lowest BCUT2D eigenvalue weighted by molar-refractivity contribution is 0.0532. The first-order valence-electron chi connectivity index (χ1n) is 5.95. The summed E-state index contributed by atoms with van der Waals surface area (Å²) in [4.78, 5) is 16.0. The molecule has 1 aromatic heterocycles. The summed E-state index contributed by atoms with van der Waals surface area (Å²) in [6, 6.07) is 10.0. The van der Waals surface area contributed by atoms with E-state index < -0.39 is 0 Å². The van der Waals surface area contributed by atoms with Crippen molar-refractivity contribution in [2.75, 3.05) is 12.0 Å². The zero-order valence-corrected chi connectivity index (χ0v) is 11.4. The second-order valence-electron chi connectivity index (χ2n) is 3.71. The summed E-state index contributed by atoms with van der Waals surface area (Å²) >= 11 is 1.26. The molecule has 100 valence electrons. The summed E-state index contributed by atoms with van der Waals surface area (Å²) in [5.74, 6) is -0.337. The number of rotatable bonds is 6. The summed E-state index contributed by atoms with van der Waals surface area (Å²) in [5.41, 5.74) is 7.17. The minimum absolute atomic E-state index is 0.337. The number of hydrazine groups is 1. The van der Waals surface area contributed by atoms with Crippen molar-refractivity contribution in [1.29, 1.82) is 0 Å². The quantitative estimate of drug-likeness (QED) is 0.627. The number of carbonyl (C=O) groups excluding carboxylic acids is 1. The topological polar surface area (TPSA) is 63.2 Å². The highest BCUT2D eigenvalue weighted by Crippen LogP contribution is 2.18. The van der Waals surface area contributed by atoms with Gasteiger partial charge in [-0.25, -0.2) is 15.2 Å².